The third kappa shape index (κ3) is 3.36. The highest BCUT2D eigenvalue weighted by molar-refractivity contribution is 6.14. The number of rotatable bonds is 4. The first-order valence-corrected chi connectivity index (χ1v) is 6.82. The Kier molecular flexibility index (Phi) is 4.65. The summed E-state index contributed by atoms with van der Waals surface area (Å²) in [4.78, 5) is 23.8. The minimum Gasteiger partial charge on any atom is -0.326 e. The Morgan fingerprint density at radius 1 is 1.05 bits per heavy atom. The molecule has 22 heavy (non-hydrogen) atoms. The minimum absolute atomic E-state index is 0.181. The van der Waals surface area contributed by atoms with Gasteiger partial charge in [-0.2, -0.15) is 0 Å². The number of carbonyl (C=O) groups excluding carboxylic acids is 2. The summed E-state index contributed by atoms with van der Waals surface area (Å²) in [6.45, 7) is 3.24. The molecule has 0 spiro atoms. The van der Waals surface area contributed by atoms with Crippen LogP contribution in [0.5, 0.6) is 0 Å². The topological polar surface area (TPSA) is 46.2 Å². The molecule has 2 aromatic carbocycles. The van der Waals surface area contributed by atoms with Crippen molar-refractivity contribution in [2.75, 3.05) is 5.32 Å². The number of ketones is 1. The van der Waals surface area contributed by atoms with E-state index in [4.69, 9.17) is 0 Å². The van der Waals surface area contributed by atoms with Gasteiger partial charge in [0.2, 0.25) is 5.91 Å². The SMILES string of the molecule is CCc1ccc(NC(C)=O)c(C(=O)c2ccc(F)cc2F)c1. The maximum absolute atomic E-state index is 13.8. The number of hydrogen-bond donors (Lipinski definition) is 1. The van der Waals surface area contributed by atoms with Gasteiger partial charge in [-0.25, -0.2) is 8.78 Å². The summed E-state index contributed by atoms with van der Waals surface area (Å²) in [5.41, 5.74) is 1.12. The van der Waals surface area contributed by atoms with Crippen LogP contribution in [0.2, 0.25) is 0 Å². The number of hydrogen-bond acceptors (Lipinski definition) is 2. The maximum Gasteiger partial charge on any atom is 0.221 e. The molecule has 0 bridgehead atoms. The first-order chi connectivity index (χ1) is 10.4. The third-order valence-corrected chi connectivity index (χ3v) is 3.22. The van der Waals surface area contributed by atoms with E-state index in [1.54, 1.807) is 18.2 Å². The predicted molar refractivity (Wildman–Crippen MR) is 79.9 cm³/mol. The molecule has 1 N–H and O–H groups in total. The van der Waals surface area contributed by atoms with Crippen molar-refractivity contribution in [3.8, 4) is 0 Å². The average molecular weight is 303 g/mol. The van der Waals surface area contributed by atoms with Crippen LogP contribution in [0.4, 0.5) is 14.5 Å². The monoisotopic (exact) mass is 303 g/mol. The fourth-order valence-electron chi connectivity index (χ4n) is 2.12. The van der Waals surface area contributed by atoms with E-state index in [2.05, 4.69) is 5.32 Å². The van der Waals surface area contributed by atoms with Gasteiger partial charge < -0.3 is 5.32 Å². The fourth-order valence-corrected chi connectivity index (χ4v) is 2.12. The molecule has 0 heterocycles. The van der Waals surface area contributed by atoms with Gasteiger partial charge in [-0.15, -0.1) is 0 Å². The summed E-state index contributed by atoms with van der Waals surface area (Å²) in [5.74, 6) is -2.62. The lowest BCUT2D eigenvalue weighted by Crippen LogP contribution is -2.13. The zero-order valence-electron chi connectivity index (χ0n) is 12.2. The van der Waals surface area contributed by atoms with Gasteiger partial charge in [-0.3, -0.25) is 9.59 Å². The van der Waals surface area contributed by atoms with Crippen molar-refractivity contribution in [2.24, 2.45) is 0 Å². The average Bonchev–Trinajstić information content (AvgIpc) is 2.46. The van der Waals surface area contributed by atoms with Crippen LogP contribution in [0.1, 0.15) is 35.3 Å². The highest BCUT2D eigenvalue weighted by Crippen LogP contribution is 2.23. The maximum atomic E-state index is 13.8. The molecular formula is C17H15F2NO2. The number of amides is 1. The number of nitrogens with one attached hydrogen (secondary N) is 1. The van der Waals surface area contributed by atoms with Crippen LogP contribution in [0, 0.1) is 11.6 Å². The van der Waals surface area contributed by atoms with Gasteiger partial charge in [0.15, 0.2) is 5.78 Å². The molecule has 0 atom stereocenters. The zero-order chi connectivity index (χ0) is 16.3. The Bertz CT molecular complexity index is 741. The van der Waals surface area contributed by atoms with Gasteiger partial charge in [0, 0.05) is 18.6 Å². The lowest BCUT2D eigenvalue weighted by Gasteiger charge is -2.11. The standard InChI is InChI=1S/C17H15F2NO2/c1-3-11-4-7-16(20-10(2)21)14(8-11)17(22)13-6-5-12(18)9-15(13)19/h4-9H,3H2,1-2H3,(H,20,21). The number of aryl methyl sites for hydroxylation is 1. The zero-order valence-corrected chi connectivity index (χ0v) is 12.2. The molecule has 0 aromatic heterocycles. The summed E-state index contributed by atoms with van der Waals surface area (Å²) in [6.07, 6.45) is 0.687. The largest absolute Gasteiger partial charge is 0.326 e. The first kappa shape index (κ1) is 15.8. The summed E-state index contributed by atoms with van der Waals surface area (Å²) >= 11 is 0. The molecule has 0 aliphatic carbocycles. The van der Waals surface area contributed by atoms with Crippen molar-refractivity contribution in [1.29, 1.82) is 0 Å². The van der Waals surface area contributed by atoms with Crippen molar-refractivity contribution >= 4 is 17.4 Å². The summed E-state index contributed by atoms with van der Waals surface area (Å²) in [7, 11) is 0. The molecule has 0 radical (unpaired) electrons. The molecule has 0 saturated heterocycles. The molecular weight excluding hydrogens is 288 g/mol. The molecule has 0 aliphatic rings. The van der Waals surface area contributed by atoms with Crippen LogP contribution in [0.25, 0.3) is 0 Å². The number of halogens is 2. The van der Waals surface area contributed by atoms with E-state index < -0.39 is 17.4 Å². The molecule has 2 rings (SSSR count). The van der Waals surface area contributed by atoms with E-state index >= 15 is 0 Å². The second-order valence-corrected chi connectivity index (χ2v) is 4.87. The molecule has 1 amide bonds. The van der Waals surface area contributed by atoms with E-state index in [9.17, 15) is 18.4 Å². The Morgan fingerprint density at radius 3 is 2.36 bits per heavy atom. The second-order valence-electron chi connectivity index (χ2n) is 4.87. The van der Waals surface area contributed by atoms with E-state index in [0.717, 1.165) is 17.7 Å². The number of carbonyl (C=O) groups is 2. The summed E-state index contributed by atoms with van der Waals surface area (Å²) in [6, 6.07) is 7.78. The number of benzene rings is 2. The van der Waals surface area contributed by atoms with Gasteiger partial charge in [0.05, 0.1) is 11.3 Å². The number of anilines is 1. The molecule has 3 nitrogen and oxygen atoms in total. The lowest BCUT2D eigenvalue weighted by atomic mass is 9.98. The third-order valence-electron chi connectivity index (χ3n) is 3.22. The van der Waals surface area contributed by atoms with Gasteiger partial charge in [-0.05, 0) is 36.2 Å². The molecule has 0 saturated carbocycles. The van der Waals surface area contributed by atoms with Gasteiger partial charge in [0.25, 0.3) is 0 Å². The van der Waals surface area contributed by atoms with E-state index in [1.807, 2.05) is 6.92 Å². The molecule has 0 aliphatic heterocycles. The quantitative estimate of drug-likeness (QED) is 0.875. The van der Waals surface area contributed by atoms with Crippen LogP contribution in [0.3, 0.4) is 0 Å². The summed E-state index contributed by atoms with van der Waals surface area (Å²) in [5, 5.41) is 2.55. The Balaban J connectivity index is 2.53. The van der Waals surface area contributed by atoms with Crippen molar-refractivity contribution in [3.05, 3.63) is 64.7 Å². The molecule has 0 fully saturated rings. The van der Waals surface area contributed by atoms with E-state index in [0.29, 0.717) is 18.2 Å². The van der Waals surface area contributed by atoms with Crippen molar-refractivity contribution in [2.45, 2.75) is 20.3 Å². The smallest absolute Gasteiger partial charge is 0.221 e. The molecule has 5 heteroatoms. The molecule has 114 valence electrons. The van der Waals surface area contributed by atoms with Crippen LogP contribution in [-0.2, 0) is 11.2 Å². The van der Waals surface area contributed by atoms with Crippen molar-refractivity contribution < 1.29 is 18.4 Å². The van der Waals surface area contributed by atoms with Crippen molar-refractivity contribution in [1.82, 2.24) is 0 Å². The predicted octanol–water partition coefficient (Wildman–Crippen LogP) is 3.72. The summed E-state index contributed by atoms with van der Waals surface area (Å²) < 4.78 is 26.8. The minimum atomic E-state index is -0.930. The molecule has 2 aromatic rings. The van der Waals surface area contributed by atoms with E-state index in [-0.39, 0.29) is 17.0 Å². The van der Waals surface area contributed by atoms with Crippen molar-refractivity contribution in [3.63, 3.8) is 0 Å². The van der Waals surface area contributed by atoms with Crippen LogP contribution >= 0.6 is 0 Å². The highest BCUT2D eigenvalue weighted by Gasteiger charge is 2.19. The van der Waals surface area contributed by atoms with Gasteiger partial charge in [0.1, 0.15) is 11.6 Å². The first-order valence-electron chi connectivity index (χ1n) is 6.82. The highest BCUT2D eigenvalue weighted by atomic mass is 19.1. The lowest BCUT2D eigenvalue weighted by molar-refractivity contribution is -0.114. The van der Waals surface area contributed by atoms with Crippen LogP contribution in [-0.4, -0.2) is 11.7 Å². The van der Waals surface area contributed by atoms with Gasteiger partial charge in [-0.1, -0.05) is 13.0 Å². The van der Waals surface area contributed by atoms with Gasteiger partial charge >= 0.3 is 0 Å². The second kappa shape index (κ2) is 6.47. The molecule has 0 unspecified atom stereocenters. The van der Waals surface area contributed by atoms with Crippen LogP contribution in [0.15, 0.2) is 36.4 Å². The Labute approximate surface area is 127 Å². The van der Waals surface area contributed by atoms with Crippen LogP contribution < -0.4 is 5.32 Å². The Morgan fingerprint density at radius 2 is 1.77 bits per heavy atom. The van der Waals surface area contributed by atoms with E-state index in [1.165, 1.54) is 6.92 Å². The Hall–Kier alpha value is -2.56. The fraction of sp³-hybridized carbons (Fsp3) is 0.176. The normalized spacial score (nSPS) is 10.4.